The molecule has 1 aromatic rings. The number of halogens is 1. The lowest BCUT2D eigenvalue weighted by Crippen LogP contribution is -2.53. The lowest BCUT2D eigenvalue weighted by Gasteiger charge is -2.36. The largest absolute Gasteiger partial charge is 0.444 e. The minimum Gasteiger partial charge on any atom is -0.444 e. The molecule has 1 saturated heterocycles. The van der Waals surface area contributed by atoms with Gasteiger partial charge in [0, 0.05) is 36.1 Å². The smallest absolute Gasteiger partial charge is 0.410 e. The number of thioether (sulfide) groups is 1. The van der Waals surface area contributed by atoms with Gasteiger partial charge < -0.3 is 14.5 Å². The van der Waals surface area contributed by atoms with Gasteiger partial charge in [0.15, 0.2) is 0 Å². The molecule has 0 bridgehead atoms. The summed E-state index contributed by atoms with van der Waals surface area (Å²) in [4.78, 5) is 29.2. The lowest BCUT2D eigenvalue weighted by molar-refractivity contribution is -0.132. The molecule has 0 N–H and O–H groups in total. The highest BCUT2D eigenvalue weighted by molar-refractivity contribution is 8.00. The summed E-state index contributed by atoms with van der Waals surface area (Å²) in [6, 6.07) is 7.47. The van der Waals surface area contributed by atoms with Crippen LogP contribution in [0, 0.1) is 0 Å². The van der Waals surface area contributed by atoms with Crippen molar-refractivity contribution in [2.24, 2.45) is 0 Å². The number of hydrogen-bond donors (Lipinski definition) is 0. The van der Waals surface area contributed by atoms with Crippen molar-refractivity contribution in [3.8, 4) is 0 Å². The normalized spacial score (nSPS) is 16.5. The van der Waals surface area contributed by atoms with E-state index >= 15 is 0 Å². The summed E-state index contributed by atoms with van der Waals surface area (Å²) < 4.78 is 5.38. The van der Waals surface area contributed by atoms with Crippen LogP contribution >= 0.6 is 23.4 Å². The van der Waals surface area contributed by atoms with Gasteiger partial charge >= 0.3 is 6.09 Å². The fourth-order valence-corrected chi connectivity index (χ4v) is 3.54. The van der Waals surface area contributed by atoms with E-state index in [9.17, 15) is 9.59 Å². The van der Waals surface area contributed by atoms with Crippen molar-refractivity contribution >= 4 is 35.4 Å². The van der Waals surface area contributed by atoms with Crippen LogP contribution in [0.15, 0.2) is 29.2 Å². The maximum Gasteiger partial charge on any atom is 0.410 e. The van der Waals surface area contributed by atoms with Crippen LogP contribution in [0.2, 0.25) is 5.02 Å². The second-order valence-corrected chi connectivity index (χ2v) is 8.86. The molecular weight excluding hydrogens is 360 g/mol. The van der Waals surface area contributed by atoms with Crippen molar-refractivity contribution in [2.45, 2.75) is 43.4 Å². The van der Waals surface area contributed by atoms with E-state index in [1.165, 1.54) is 11.8 Å². The molecule has 2 rings (SSSR count). The van der Waals surface area contributed by atoms with E-state index in [-0.39, 0.29) is 17.3 Å². The second kappa shape index (κ2) is 8.32. The number of rotatable bonds is 3. The maximum atomic E-state index is 12.6. The van der Waals surface area contributed by atoms with Gasteiger partial charge in [-0.25, -0.2) is 4.79 Å². The Morgan fingerprint density at radius 3 is 2.12 bits per heavy atom. The number of carbonyl (C=O) groups is 2. The first-order valence-electron chi connectivity index (χ1n) is 8.34. The second-order valence-electron chi connectivity index (χ2n) is 7.01. The fourth-order valence-electron chi connectivity index (χ4n) is 2.46. The van der Waals surface area contributed by atoms with Crippen molar-refractivity contribution in [1.82, 2.24) is 9.80 Å². The summed E-state index contributed by atoms with van der Waals surface area (Å²) in [5, 5.41) is 0.496. The molecular formula is C18H25ClN2O3S. The highest BCUT2D eigenvalue weighted by atomic mass is 35.5. The van der Waals surface area contributed by atoms with Crippen LogP contribution in [0.3, 0.4) is 0 Å². The molecule has 1 atom stereocenters. The molecule has 0 saturated carbocycles. The fraction of sp³-hybridized carbons (Fsp3) is 0.556. The number of piperazine rings is 1. The van der Waals surface area contributed by atoms with Crippen LogP contribution in [0.4, 0.5) is 4.79 Å². The summed E-state index contributed by atoms with van der Waals surface area (Å²) >= 11 is 7.40. The van der Waals surface area contributed by atoms with Crippen LogP contribution in [0.25, 0.3) is 0 Å². The van der Waals surface area contributed by atoms with Gasteiger partial charge in [-0.2, -0.15) is 0 Å². The van der Waals surface area contributed by atoms with Crippen molar-refractivity contribution in [2.75, 3.05) is 26.2 Å². The van der Waals surface area contributed by atoms with Crippen molar-refractivity contribution in [1.29, 1.82) is 0 Å². The number of hydrogen-bond acceptors (Lipinski definition) is 4. The zero-order chi connectivity index (χ0) is 18.6. The zero-order valence-corrected chi connectivity index (χ0v) is 16.7. The van der Waals surface area contributed by atoms with E-state index < -0.39 is 5.60 Å². The summed E-state index contributed by atoms with van der Waals surface area (Å²) in [7, 11) is 0. The molecule has 0 radical (unpaired) electrons. The quantitative estimate of drug-likeness (QED) is 0.741. The molecule has 5 nitrogen and oxygen atoms in total. The summed E-state index contributed by atoms with van der Waals surface area (Å²) in [5.74, 6) is 0.0868. The lowest BCUT2D eigenvalue weighted by atomic mass is 10.2. The third-order valence-corrected chi connectivity index (χ3v) is 5.07. The van der Waals surface area contributed by atoms with Crippen molar-refractivity contribution < 1.29 is 14.3 Å². The Balaban J connectivity index is 1.84. The SMILES string of the molecule is CC(Sc1ccc(Cl)cc1)C(=O)N1CCN(C(=O)OC(C)(C)C)CC1. The van der Waals surface area contributed by atoms with Gasteiger partial charge in [0.05, 0.1) is 5.25 Å². The Bertz CT molecular complexity index is 608. The predicted molar refractivity (Wildman–Crippen MR) is 101 cm³/mol. The first-order valence-corrected chi connectivity index (χ1v) is 9.60. The molecule has 0 spiro atoms. The van der Waals surface area contributed by atoms with Gasteiger partial charge in [-0.15, -0.1) is 11.8 Å². The topological polar surface area (TPSA) is 49.9 Å². The first kappa shape index (κ1) is 19.9. The van der Waals surface area contributed by atoms with Gasteiger partial charge in [0.2, 0.25) is 5.91 Å². The molecule has 0 aromatic heterocycles. The highest BCUT2D eigenvalue weighted by Gasteiger charge is 2.29. The third kappa shape index (κ3) is 6.12. The molecule has 1 unspecified atom stereocenters. The number of benzene rings is 1. The summed E-state index contributed by atoms with van der Waals surface area (Å²) in [6.45, 7) is 9.51. The summed E-state index contributed by atoms with van der Waals surface area (Å²) in [6.07, 6.45) is -0.316. The maximum absolute atomic E-state index is 12.6. The van der Waals surface area contributed by atoms with Crippen LogP contribution in [0.1, 0.15) is 27.7 Å². The van der Waals surface area contributed by atoms with E-state index in [4.69, 9.17) is 16.3 Å². The van der Waals surface area contributed by atoms with Crippen molar-refractivity contribution in [3.63, 3.8) is 0 Å². The molecule has 1 aliphatic heterocycles. The summed E-state index contributed by atoms with van der Waals surface area (Å²) in [5.41, 5.74) is -0.506. The Morgan fingerprint density at radius 1 is 1.08 bits per heavy atom. The number of ether oxygens (including phenoxy) is 1. The molecule has 1 fully saturated rings. The molecule has 25 heavy (non-hydrogen) atoms. The van der Waals surface area contributed by atoms with Gasteiger partial charge in [0.1, 0.15) is 5.60 Å². The Kier molecular flexibility index (Phi) is 6.63. The zero-order valence-electron chi connectivity index (χ0n) is 15.1. The molecule has 1 aliphatic rings. The van der Waals surface area contributed by atoms with E-state index in [1.807, 2.05) is 56.9 Å². The van der Waals surface area contributed by atoms with Crippen LogP contribution in [-0.2, 0) is 9.53 Å². The van der Waals surface area contributed by atoms with Gasteiger partial charge in [-0.1, -0.05) is 11.6 Å². The van der Waals surface area contributed by atoms with Gasteiger partial charge in [-0.3, -0.25) is 4.79 Å². The molecule has 0 aliphatic carbocycles. The van der Waals surface area contributed by atoms with Crippen LogP contribution < -0.4 is 0 Å². The minimum absolute atomic E-state index is 0.0868. The Labute approximate surface area is 158 Å². The van der Waals surface area contributed by atoms with E-state index in [0.29, 0.717) is 31.2 Å². The Morgan fingerprint density at radius 2 is 1.60 bits per heavy atom. The van der Waals surface area contributed by atoms with Gasteiger partial charge in [0.25, 0.3) is 0 Å². The van der Waals surface area contributed by atoms with Gasteiger partial charge in [-0.05, 0) is 52.0 Å². The number of carbonyl (C=O) groups excluding carboxylic acids is 2. The molecule has 138 valence electrons. The van der Waals surface area contributed by atoms with E-state index in [1.54, 1.807) is 4.90 Å². The molecule has 1 aromatic carbocycles. The standard InChI is InChI=1S/C18H25ClN2O3S/c1-13(25-15-7-5-14(19)6-8-15)16(22)20-9-11-21(12-10-20)17(23)24-18(2,3)4/h5-8,13H,9-12H2,1-4H3. The van der Waals surface area contributed by atoms with E-state index in [2.05, 4.69) is 0 Å². The molecule has 1 heterocycles. The van der Waals surface area contributed by atoms with E-state index in [0.717, 1.165) is 4.90 Å². The highest BCUT2D eigenvalue weighted by Crippen LogP contribution is 2.26. The number of amides is 2. The monoisotopic (exact) mass is 384 g/mol. The van der Waals surface area contributed by atoms with Crippen LogP contribution in [0.5, 0.6) is 0 Å². The third-order valence-electron chi connectivity index (χ3n) is 3.72. The first-order chi connectivity index (χ1) is 11.7. The predicted octanol–water partition coefficient (Wildman–Crippen LogP) is 3.90. The number of nitrogens with zero attached hydrogens (tertiary/aromatic N) is 2. The Hall–Kier alpha value is -1.40. The average molecular weight is 385 g/mol. The van der Waals surface area contributed by atoms with Crippen LogP contribution in [-0.4, -0.2) is 58.8 Å². The average Bonchev–Trinajstić information content (AvgIpc) is 2.55. The molecule has 7 heteroatoms. The molecule has 2 amide bonds. The minimum atomic E-state index is -0.506. The van der Waals surface area contributed by atoms with Crippen molar-refractivity contribution in [3.05, 3.63) is 29.3 Å².